The minimum Gasteiger partial charge on any atom is -0.449 e. The van der Waals surface area contributed by atoms with Gasteiger partial charge in [-0.05, 0) is 12.1 Å². The third-order valence-corrected chi connectivity index (χ3v) is 2.78. The lowest BCUT2D eigenvalue weighted by Gasteiger charge is -2.24. The van der Waals surface area contributed by atoms with Crippen molar-refractivity contribution >= 4 is 34.4 Å². The highest BCUT2D eigenvalue weighted by Gasteiger charge is 2.26. The maximum atomic E-state index is 13.6. The van der Waals surface area contributed by atoms with Crippen LogP contribution in [0.4, 0.5) is 13.6 Å². The van der Waals surface area contributed by atoms with Crippen molar-refractivity contribution in [2.75, 3.05) is 6.61 Å². The standard InChI is InChI=1S/C10H8BrF2NO2.ClH/c11-5-3-6(12)9(7(13)4-5)8-1-2-16-10(15)14-8;/h3-4,8H,1-2H2,(H,14,15);1H/t8-;/m0./s1. The van der Waals surface area contributed by atoms with Gasteiger partial charge in [0.15, 0.2) is 0 Å². The summed E-state index contributed by atoms with van der Waals surface area (Å²) in [6.45, 7) is 0.158. The molecule has 3 nitrogen and oxygen atoms in total. The van der Waals surface area contributed by atoms with E-state index in [1.165, 1.54) is 12.1 Å². The fourth-order valence-electron chi connectivity index (χ4n) is 1.63. The van der Waals surface area contributed by atoms with Crippen LogP contribution in [0.2, 0.25) is 0 Å². The van der Waals surface area contributed by atoms with Crippen LogP contribution in [0, 0.1) is 11.6 Å². The molecule has 94 valence electrons. The Morgan fingerprint density at radius 1 is 1.35 bits per heavy atom. The topological polar surface area (TPSA) is 38.3 Å². The number of rotatable bonds is 1. The summed E-state index contributed by atoms with van der Waals surface area (Å²) in [6, 6.07) is 1.66. The van der Waals surface area contributed by atoms with E-state index in [-0.39, 0.29) is 24.6 Å². The van der Waals surface area contributed by atoms with E-state index in [1.807, 2.05) is 0 Å². The number of carbonyl (C=O) groups is 1. The number of halogens is 4. The van der Waals surface area contributed by atoms with Gasteiger partial charge in [-0.25, -0.2) is 13.6 Å². The second-order valence-electron chi connectivity index (χ2n) is 3.40. The molecule has 1 aromatic carbocycles. The van der Waals surface area contributed by atoms with Gasteiger partial charge in [0.1, 0.15) is 11.6 Å². The largest absolute Gasteiger partial charge is 0.449 e. The fraction of sp³-hybridized carbons (Fsp3) is 0.300. The average Bonchev–Trinajstić information content (AvgIpc) is 2.15. The van der Waals surface area contributed by atoms with Crippen molar-refractivity contribution < 1.29 is 18.3 Å². The third kappa shape index (κ3) is 3.07. The summed E-state index contributed by atoms with van der Waals surface area (Å²) in [5.41, 5.74) is -0.125. The zero-order valence-corrected chi connectivity index (χ0v) is 10.9. The molecule has 0 aromatic heterocycles. The van der Waals surface area contributed by atoms with Gasteiger partial charge in [-0.1, -0.05) is 15.9 Å². The van der Waals surface area contributed by atoms with E-state index >= 15 is 0 Å². The van der Waals surface area contributed by atoms with E-state index in [2.05, 4.69) is 26.0 Å². The first-order valence-corrected chi connectivity index (χ1v) is 5.45. The number of nitrogens with one attached hydrogen (secondary N) is 1. The van der Waals surface area contributed by atoms with E-state index in [4.69, 9.17) is 0 Å². The normalized spacial score (nSPS) is 19.0. The monoisotopic (exact) mass is 327 g/mol. The SMILES string of the molecule is Cl.O=C1N[C@H](c2c(F)cc(Br)cc2F)CCO1. The average molecular weight is 329 g/mol. The van der Waals surface area contributed by atoms with Crippen molar-refractivity contribution in [3.05, 3.63) is 33.8 Å². The van der Waals surface area contributed by atoms with Crippen LogP contribution in [0.3, 0.4) is 0 Å². The van der Waals surface area contributed by atoms with Gasteiger partial charge in [0.05, 0.1) is 12.6 Å². The Labute approximate surface area is 111 Å². The molecule has 1 N–H and O–H groups in total. The molecule has 0 bridgehead atoms. The highest BCUT2D eigenvalue weighted by Crippen LogP contribution is 2.28. The zero-order chi connectivity index (χ0) is 11.7. The van der Waals surface area contributed by atoms with E-state index < -0.39 is 23.8 Å². The first kappa shape index (κ1) is 14.2. The summed E-state index contributed by atoms with van der Waals surface area (Å²) >= 11 is 2.99. The predicted octanol–water partition coefficient (Wildman–Crippen LogP) is 3.32. The summed E-state index contributed by atoms with van der Waals surface area (Å²) in [7, 11) is 0. The zero-order valence-electron chi connectivity index (χ0n) is 8.50. The van der Waals surface area contributed by atoms with Crippen LogP contribution >= 0.6 is 28.3 Å². The lowest BCUT2D eigenvalue weighted by atomic mass is 10.0. The summed E-state index contributed by atoms with van der Waals surface area (Å²) in [4.78, 5) is 10.9. The number of amides is 1. The van der Waals surface area contributed by atoms with E-state index in [0.717, 1.165) is 0 Å². The fourth-order valence-corrected chi connectivity index (χ4v) is 2.03. The van der Waals surface area contributed by atoms with Gasteiger partial charge in [0, 0.05) is 16.5 Å². The molecule has 1 aliphatic rings. The smallest absolute Gasteiger partial charge is 0.407 e. The molecule has 1 amide bonds. The maximum Gasteiger partial charge on any atom is 0.407 e. The molecule has 0 unspecified atom stereocenters. The maximum absolute atomic E-state index is 13.6. The molecule has 7 heteroatoms. The van der Waals surface area contributed by atoms with Gasteiger partial charge < -0.3 is 10.1 Å². The molecule has 0 saturated carbocycles. The predicted molar refractivity (Wildman–Crippen MR) is 63.1 cm³/mol. The van der Waals surface area contributed by atoms with Crippen LogP contribution in [-0.2, 0) is 4.74 Å². The van der Waals surface area contributed by atoms with Crippen LogP contribution in [0.1, 0.15) is 18.0 Å². The van der Waals surface area contributed by atoms with E-state index in [0.29, 0.717) is 10.9 Å². The van der Waals surface area contributed by atoms with Crippen LogP contribution in [-0.4, -0.2) is 12.7 Å². The number of hydrogen-bond donors (Lipinski definition) is 1. The van der Waals surface area contributed by atoms with Crippen molar-refractivity contribution in [3.8, 4) is 0 Å². The van der Waals surface area contributed by atoms with Crippen molar-refractivity contribution in [2.45, 2.75) is 12.5 Å². The lowest BCUT2D eigenvalue weighted by Crippen LogP contribution is -2.36. The molecular weight excluding hydrogens is 319 g/mol. The minimum atomic E-state index is -0.681. The van der Waals surface area contributed by atoms with E-state index in [9.17, 15) is 13.6 Å². The van der Waals surface area contributed by atoms with Gasteiger partial charge in [0.2, 0.25) is 0 Å². The molecule has 1 saturated heterocycles. The Morgan fingerprint density at radius 2 is 1.94 bits per heavy atom. The molecular formula is C10H9BrClF2NO2. The molecule has 1 aromatic rings. The molecule has 1 atom stereocenters. The Balaban J connectivity index is 0.00000144. The Morgan fingerprint density at radius 3 is 2.47 bits per heavy atom. The van der Waals surface area contributed by atoms with Crippen LogP contribution in [0.25, 0.3) is 0 Å². The quantitative estimate of drug-likeness (QED) is 0.859. The number of cyclic esters (lactones) is 1. The Kier molecular flexibility index (Phi) is 4.70. The van der Waals surface area contributed by atoms with Crippen molar-refractivity contribution in [1.82, 2.24) is 5.32 Å². The highest BCUT2D eigenvalue weighted by atomic mass is 79.9. The first-order valence-electron chi connectivity index (χ1n) is 4.65. The van der Waals surface area contributed by atoms with Crippen LogP contribution < -0.4 is 5.32 Å². The molecule has 0 aliphatic carbocycles. The van der Waals surface area contributed by atoms with Crippen LogP contribution in [0.15, 0.2) is 16.6 Å². The Hall–Kier alpha value is -0.880. The van der Waals surface area contributed by atoms with Gasteiger partial charge in [-0.3, -0.25) is 0 Å². The van der Waals surface area contributed by atoms with Gasteiger partial charge in [0.25, 0.3) is 0 Å². The second-order valence-corrected chi connectivity index (χ2v) is 4.32. The number of carbonyl (C=O) groups excluding carboxylic acids is 1. The van der Waals surface area contributed by atoms with E-state index in [1.54, 1.807) is 0 Å². The van der Waals surface area contributed by atoms with Crippen molar-refractivity contribution in [2.24, 2.45) is 0 Å². The molecule has 2 rings (SSSR count). The summed E-state index contributed by atoms with van der Waals surface area (Å²) in [5, 5.41) is 2.38. The van der Waals surface area contributed by atoms with Gasteiger partial charge in [-0.2, -0.15) is 0 Å². The van der Waals surface area contributed by atoms with Crippen LogP contribution in [0.5, 0.6) is 0 Å². The molecule has 1 heterocycles. The van der Waals surface area contributed by atoms with Gasteiger partial charge >= 0.3 is 6.09 Å². The lowest BCUT2D eigenvalue weighted by molar-refractivity contribution is 0.114. The molecule has 1 fully saturated rings. The molecule has 0 spiro atoms. The second kappa shape index (κ2) is 5.64. The molecule has 17 heavy (non-hydrogen) atoms. The number of ether oxygens (including phenoxy) is 1. The first-order chi connectivity index (χ1) is 7.58. The van der Waals surface area contributed by atoms with Crippen molar-refractivity contribution in [3.63, 3.8) is 0 Å². The number of alkyl carbamates (subject to hydrolysis) is 1. The Bertz CT molecular complexity index is 421. The summed E-state index contributed by atoms with van der Waals surface area (Å²) < 4.78 is 32.1. The summed E-state index contributed by atoms with van der Waals surface area (Å²) in [6.07, 6.45) is -0.306. The number of benzene rings is 1. The van der Waals surface area contributed by atoms with Crippen molar-refractivity contribution in [1.29, 1.82) is 0 Å². The van der Waals surface area contributed by atoms with Gasteiger partial charge in [-0.15, -0.1) is 12.4 Å². The third-order valence-electron chi connectivity index (χ3n) is 2.32. The highest BCUT2D eigenvalue weighted by molar-refractivity contribution is 9.10. The summed E-state index contributed by atoms with van der Waals surface area (Å²) in [5.74, 6) is -1.36. The molecule has 0 radical (unpaired) electrons. The minimum absolute atomic E-state index is 0. The number of hydrogen-bond acceptors (Lipinski definition) is 2. The molecule has 1 aliphatic heterocycles.